The first-order valence-corrected chi connectivity index (χ1v) is 13.1. The predicted molar refractivity (Wildman–Crippen MR) is 146 cm³/mol. The summed E-state index contributed by atoms with van der Waals surface area (Å²) < 4.78 is 34.6. The second-order valence-corrected chi connectivity index (χ2v) is 9.82. The van der Waals surface area contributed by atoms with Crippen molar-refractivity contribution in [3.05, 3.63) is 96.7 Å². The zero-order valence-electron chi connectivity index (χ0n) is 20.8. The number of para-hydroxylation sites is 2. The first-order valence-electron chi connectivity index (χ1n) is 11.7. The van der Waals surface area contributed by atoms with Crippen molar-refractivity contribution in [3.8, 4) is 5.75 Å². The van der Waals surface area contributed by atoms with Crippen LogP contribution < -0.4 is 24.4 Å². The number of fused-ring (bicyclic) bond motifs is 1. The second-order valence-electron chi connectivity index (χ2n) is 8.40. The smallest absolute Gasteiger partial charge is 0.330 e. The molecule has 0 aliphatic carbocycles. The van der Waals surface area contributed by atoms with E-state index in [0.29, 0.717) is 5.69 Å². The first-order chi connectivity index (χ1) is 18.3. The van der Waals surface area contributed by atoms with Crippen molar-refractivity contribution in [1.82, 2.24) is 15.0 Å². The quantitative estimate of drug-likeness (QED) is 0.302. The average molecular weight is 534 g/mol. The number of hydrogen-bond donors (Lipinski definition) is 3. The highest BCUT2D eigenvalue weighted by molar-refractivity contribution is 7.91. The van der Waals surface area contributed by atoms with E-state index in [2.05, 4.69) is 15.0 Å². The van der Waals surface area contributed by atoms with Crippen molar-refractivity contribution in [2.45, 2.75) is 12.5 Å². The molecule has 4 aromatic rings. The van der Waals surface area contributed by atoms with E-state index < -0.39 is 28.2 Å². The molecule has 1 aromatic heterocycles. The second kappa shape index (κ2) is 11.6. The number of nitrogens with one attached hydrogen (secondary N) is 3. The van der Waals surface area contributed by atoms with Crippen molar-refractivity contribution in [2.24, 2.45) is 0 Å². The fraction of sp³-hybridized carbons (Fsp3) is 0.148. The van der Waals surface area contributed by atoms with Crippen molar-refractivity contribution in [1.29, 1.82) is 0 Å². The Morgan fingerprint density at radius 3 is 2.47 bits per heavy atom. The molecular formula is C27H27N5O5S. The minimum atomic E-state index is -4.33. The fourth-order valence-electron chi connectivity index (χ4n) is 3.89. The first kappa shape index (κ1) is 26.4. The third-order valence-corrected chi connectivity index (χ3v) is 6.71. The maximum Gasteiger partial charge on any atom is 0.330 e. The van der Waals surface area contributed by atoms with Gasteiger partial charge in [0.15, 0.2) is 0 Å². The summed E-state index contributed by atoms with van der Waals surface area (Å²) in [7, 11) is -1.34. The Balaban J connectivity index is 1.53. The fourth-order valence-corrected chi connectivity index (χ4v) is 4.70. The lowest BCUT2D eigenvalue weighted by Crippen LogP contribution is -2.53. The van der Waals surface area contributed by atoms with Crippen molar-refractivity contribution >= 4 is 44.4 Å². The molecule has 3 amide bonds. The summed E-state index contributed by atoms with van der Waals surface area (Å²) in [4.78, 5) is 32.0. The number of hydrogen-bond acceptors (Lipinski definition) is 6. The van der Waals surface area contributed by atoms with Gasteiger partial charge in [-0.15, -0.1) is 0 Å². The van der Waals surface area contributed by atoms with Gasteiger partial charge in [-0.1, -0.05) is 48.5 Å². The molecule has 0 spiro atoms. The maximum atomic E-state index is 13.5. The number of ether oxygens (including phenoxy) is 1. The van der Waals surface area contributed by atoms with E-state index in [0.717, 1.165) is 16.5 Å². The molecule has 1 atom stereocenters. The third kappa shape index (κ3) is 6.56. The SMILES string of the molecule is COc1ccccc1NS(=O)(=O)NC(=O)NC(Cc1ccccc1)C(=O)N(C)c1ccc2ncccc2c1. The normalized spacial score (nSPS) is 11.8. The van der Waals surface area contributed by atoms with E-state index in [1.807, 2.05) is 47.2 Å². The van der Waals surface area contributed by atoms with Gasteiger partial charge in [0, 0.05) is 30.7 Å². The van der Waals surface area contributed by atoms with E-state index in [1.165, 1.54) is 18.1 Å². The summed E-state index contributed by atoms with van der Waals surface area (Å²) in [6.45, 7) is 0. The summed E-state index contributed by atoms with van der Waals surface area (Å²) in [5.41, 5.74) is 2.32. The van der Waals surface area contributed by atoms with Gasteiger partial charge < -0.3 is 15.0 Å². The Kier molecular flexibility index (Phi) is 8.07. The summed E-state index contributed by atoms with van der Waals surface area (Å²) in [5, 5.41) is 3.37. The Bertz CT molecular complexity index is 1550. The molecule has 11 heteroatoms. The Morgan fingerprint density at radius 1 is 0.974 bits per heavy atom. The number of methoxy groups -OCH3 is 1. The molecule has 0 saturated carbocycles. The Morgan fingerprint density at radius 2 is 1.71 bits per heavy atom. The standard InChI is InChI=1S/C27H27N5O5S/c1-32(21-14-15-22-20(18-21)11-8-16-28-22)26(33)24(17-19-9-4-3-5-10-19)29-27(34)31-38(35,36)30-23-12-6-7-13-25(23)37-2/h3-16,18,24,30H,17H2,1-2H3,(H2,29,31,34). The van der Waals surface area contributed by atoms with Crippen molar-refractivity contribution in [3.63, 3.8) is 0 Å². The van der Waals surface area contributed by atoms with Crippen LogP contribution in [0, 0.1) is 0 Å². The van der Waals surface area contributed by atoms with Gasteiger partial charge in [-0.2, -0.15) is 8.42 Å². The van der Waals surface area contributed by atoms with Gasteiger partial charge in [0.1, 0.15) is 11.8 Å². The number of anilines is 2. The number of amides is 3. The zero-order chi connectivity index (χ0) is 27.1. The molecule has 1 unspecified atom stereocenters. The molecule has 0 aliphatic rings. The van der Waals surface area contributed by atoms with Gasteiger partial charge in [0.25, 0.3) is 0 Å². The van der Waals surface area contributed by atoms with Crippen LogP contribution in [0.5, 0.6) is 5.75 Å². The molecular weight excluding hydrogens is 506 g/mol. The van der Waals surface area contributed by atoms with E-state index in [1.54, 1.807) is 49.6 Å². The number of nitrogens with zero attached hydrogens (tertiary/aromatic N) is 2. The van der Waals surface area contributed by atoms with E-state index >= 15 is 0 Å². The minimum absolute atomic E-state index is 0.145. The van der Waals surface area contributed by atoms with Crippen LogP contribution in [-0.4, -0.2) is 45.5 Å². The van der Waals surface area contributed by atoms with E-state index in [-0.39, 0.29) is 17.9 Å². The lowest BCUT2D eigenvalue weighted by atomic mass is 10.0. The molecule has 3 aromatic carbocycles. The Labute approximate surface area is 220 Å². The van der Waals surface area contributed by atoms with Crippen LogP contribution >= 0.6 is 0 Å². The number of likely N-dealkylation sites (N-methyl/N-ethyl adjacent to an activating group) is 1. The van der Waals surface area contributed by atoms with Gasteiger partial charge in [-0.25, -0.2) is 9.52 Å². The molecule has 1 heterocycles. The number of carbonyl (C=O) groups excluding carboxylic acids is 2. The maximum absolute atomic E-state index is 13.5. The van der Waals surface area contributed by atoms with Crippen LogP contribution in [0.2, 0.25) is 0 Å². The largest absolute Gasteiger partial charge is 0.495 e. The molecule has 0 saturated heterocycles. The van der Waals surface area contributed by atoms with Gasteiger partial charge >= 0.3 is 16.2 Å². The van der Waals surface area contributed by atoms with Crippen LogP contribution in [0.1, 0.15) is 5.56 Å². The highest BCUT2D eigenvalue weighted by atomic mass is 32.2. The topological polar surface area (TPSA) is 130 Å². The number of carbonyl (C=O) groups is 2. The van der Waals surface area contributed by atoms with Gasteiger partial charge in [-0.3, -0.25) is 14.5 Å². The summed E-state index contributed by atoms with van der Waals surface area (Å²) in [6, 6.07) is 22.4. The summed E-state index contributed by atoms with van der Waals surface area (Å²) in [5.74, 6) is -0.148. The monoisotopic (exact) mass is 533 g/mol. The zero-order valence-corrected chi connectivity index (χ0v) is 21.6. The lowest BCUT2D eigenvalue weighted by molar-refractivity contribution is -0.120. The van der Waals surface area contributed by atoms with Crippen molar-refractivity contribution in [2.75, 3.05) is 23.8 Å². The molecule has 10 nitrogen and oxygen atoms in total. The molecule has 4 rings (SSSR count). The van der Waals surface area contributed by atoms with Crippen LogP contribution in [0.3, 0.4) is 0 Å². The highest BCUT2D eigenvalue weighted by Gasteiger charge is 2.27. The van der Waals surface area contributed by atoms with Gasteiger partial charge in [0.05, 0.1) is 18.3 Å². The molecule has 0 fully saturated rings. The number of urea groups is 1. The highest BCUT2D eigenvalue weighted by Crippen LogP contribution is 2.24. The average Bonchev–Trinajstić information content (AvgIpc) is 2.92. The van der Waals surface area contributed by atoms with Crippen LogP contribution in [-0.2, 0) is 21.4 Å². The number of pyridine rings is 1. The van der Waals surface area contributed by atoms with Crippen molar-refractivity contribution < 1.29 is 22.7 Å². The summed E-state index contributed by atoms with van der Waals surface area (Å²) in [6.07, 6.45) is 1.83. The van der Waals surface area contributed by atoms with Gasteiger partial charge in [0.2, 0.25) is 5.91 Å². The summed E-state index contributed by atoms with van der Waals surface area (Å²) >= 11 is 0. The molecule has 3 N–H and O–H groups in total. The molecule has 0 radical (unpaired) electrons. The van der Waals surface area contributed by atoms with Crippen LogP contribution in [0.4, 0.5) is 16.2 Å². The van der Waals surface area contributed by atoms with E-state index in [9.17, 15) is 18.0 Å². The van der Waals surface area contributed by atoms with Crippen LogP contribution in [0.25, 0.3) is 10.9 Å². The Hall–Kier alpha value is -4.64. The third-order valence-electron chi connectivity index (χ3n) is 5.77. The number of rotatable bonds is 9. The number of benzene rings is 3. The van der Waals surface area contributed by atoms with Crippen LogP contribution in [0.15, 0.2) is 91.1 Å². The minimum Gasteiger partial charge on any atom is -0.495 e. The molecule has 196 valence electrons. The number of aromatic nitrogens is 1. The molecule has 38 heavy (non-hydrogen) atoms. The van der Waals surface area contributed by atoms with Gasteiger partial charge in [-0.05, 0) is 42.0 Å². The molecule has 0 bridgehead atoms. The van der Waals surface area contributed by atoms with E-state index in [4.69, 9.17) is 4.74 Å². The predicted octanol–water partition coefficient (Wildman–Crippen LogP) is 3.47. The molecule has 0 aliphatic heterocycles. The lowest BCUT2D eigenvalue weighted by Gasteiger charge is -2.25.